The van der Waals surface area contributed by atoms with E-state index in [0.29, 0.717) is 12.0 Å². The summed E-state index contributed by atoms with van der Waals surface area (Å²) < 4.78 is 36.7. The van der Waals surface area contributed by atoms with Gasteiger partial charge in [0.05, 0.1) is 18.8 Å². The van der Waals surface area contributed by atoms with Gasteiger partial charge in [-0.3, -0.25) is 0 Å². The standard InChI is InChI=1S/C16H18BN2O8S/c20-16(21)14-12(4-3-10-5-6-17(22,23)27-15(10)14)26-11-8-19(9-11)28(24,25)13-2-1-7-18-13/h2-4,7,11,22-23H,1,5-6,8-9H2,(H,20,21)/q-1. The van der Waals surface area contributed by atoms with E-state index in [1.807, 2.05) is 0 Å². The normalized spacial score (nSPS) is 21.4. The molecule has 12 heteroatoms. The van der Waals surface area contributed by atoms with Crippen LogP contribution in [0.3, 0.4) is 0 Å². The second kappa shape index (κ2) is 6.59. The first-order chi connectivity index (χ1) is 13.2. The van der Waals surface area contributed by atoms with Crippen LogP contribution in [-0.4, -0.2) is 66.0 Å². The zero-order chi connectivity index (χ0) is 20.1. The van der Waals surface area contributed by atoms with E-state index in [-0.39, 0.29) is 47.9 Å². The average Bonchev–Trinajstić information content (AvgIpc) is 3.11. The maximum Gasteiger partial charge on any atom is 0.430 e. The predicted molar refractivity (Wildman–Crippen MR) is 98.8 cm³/mol. The minimum atomic E-state index is -3.67. The molecule has 0 spiro atoms. The van der Waals surface area contributed by atoms with Gasteiger partial charge in [-0.05, 0) is 24.1 Å². The Morgan fingerprint density at radius 3 is 2.71 bits per heavy atom. The number of aromatic carboxylic acids is 1. The summed E-state index contributed by atoms with van der Waals surface area (Å²) in [4.78, 5) is 15.6. The molecule has 3 aliphatic rings. The largest absolute Gasteiger partial charge is 0.669 e. The molecule has 0 bridgehead atoms. The van der Waals surface area contributed by atoms with Gasteiger partial charge < -0.3 is 24.5 Å². The van der Waals surface area contributed by atoms with Gasteiger partial charge in [-0.15, -0.1) is 0 Å². The van der Waals surface area contributed by atoms with Gasteiger partial charge in [0.15, 0.2) is 5.03 Å². The Morgan fingerprint density at radius 1 is 1.32 bits per heavy atom. The fourth-order valence-corrected chi connectivity index (χ4v) is 4.84. The second-order valence-electron chi connectivity index (χ2n) is 6.90. The number of carboxylic acid groups (broad SMARTS) is 1. The quantitative estimate of drug-likeness (QED) is 0.574. The van der Waals surface area contributed by atoms with Crippen LogP contribution in [0.5, 0.6) is 11.5 Å². The molecule has 28 heavy (non-hydrogen) atoms. The molecule has 0 radical (unpaired) electrons. The molecule has 4 rings (SSSR count). The summed E-state index contributed by atoms with van der Waals surface area (Å²) in [6.07, 6.45) is 3.19. The van der Waals surface area contributed by atoms with Crippen molar-refractivity contribution >= 4 is 29.0 Å². The molecular formula is C16H18BN2O8S-. The van der Waals surface area contributed by atoms with Crippen molar-refractivity contribution in [3.63, 3.8) is 0 Å². The highest BCUT2D eigenvalue weighted by atomic mass is 32.2. The minimum absolute atomic E-state index is 0.00354. The molecule has 0 aromatic heterocycles. The van der Waals surface area contributed by atoms with Gasteiger partial charge in [0.25, 0.3) is 10.0 Å². The molecule has 3 heterocycles. The Morgan fingerprint density at radius 2 is 2.07 bits per heavy atom. The average molecular weight is 409 g/mol. The van der Waals surface area contributed by atoms with E-state index in [1.165, 1.54) is 22.7 Å². The Labute approximate surface area is 160 Å². The molecule has 0 amide bonds. The summed E-state index contributed by atoms with van der Waals surface area (Å²) in [5.41, 5.74) is 0.227. The van der Waals surface area contributed by atoms with Crippen LogP contribution in [0.15, 0.2) is 28.2 Å². The van der Waals surface area contributed by atoms with Crippen LogP contribution in [0.2, 0.25) is 6.32 Å². The third-order valence-corrected chi connectivity index (χ3v) is 6.62. The Bertz CT molecular complexity index is 998. The summed E-state index contributed by atoms with van der Waals surface area (Å²) in [7, 11) is -3.67. The van der Waals surface area contributed by atoms with Gasteiger partial charge in [-0.1, -0.05) is 12.4 Å². The third-order valence-electron chi connectivity index (χ3n) is 4.84. The molecule has 1 aromatic rings. The third kappa shape index (κ3) is 3.28. The monoisotopic (exact) mass is 409 g/mol. The zero-order valence-corrected chi connectivity index (χ0v) is 15.5. The molecule has 10 nitrogen and oxygen atoms in total. The number of benzene rings is 1. The number of fused-ring (bicyclic) bond motifs is 1. The van der Waals surface area contributed by atoms with Crippen molar-refractivity contribution in [1.29, 1.82) is 0 Å². The highest BCUT2D eigenvalue weighted by molar-refractivity contribution is 7.93. The van der Waals surface area contributed by atoms with E-state index >= 15 is 0 Å². The Kier molecular flexibility index (Phi) is 4.45. The molecule has 3 N–H and O–H groups in total. The lowest BCUT2D eigenvalue weighted by molar-refractivity contribution is 0.0633. The summed E-state index contributed by atoms with van der Waals surface area (Å²) in [5.74, 6) is -1.48. The summed E-state index contributed by atoms with van der Waals surface area (Å²) in [6.45, 7) is -3.02. The summed E-state index contributed by atoms with van der Waals surface area (Å²) >= 11 is 0. The van der Waals surface area contributed by atoms with E-state index in [9.17, 15) is 28.4 Å². The number of sulfonamides is 1. The molecule has 0 aliphatic carbocycles. The number of allylic oxidation sites excluding steroid dienone is 1. The van der Waals surface area contributed by atoms with E-state index in [4.69, 9.17) is 9.39 Å². The van der Waals surface area contributed by atoms with E-state index in [2.05, 4.69) is 4.99 Å². The van der Waals surface area contributed by atoms with E-state index in [1.54, 1.807) is 6.07 Å². The highest BCUT2D eigenvalue weighted by Gasteiger charge is 2.41. The molecule has 3 aliphatic heterocycles. The van der Waals surface area contributed by atoms with Gasteiger partial charge in [-0.25, -0.2) is 18.2 Å². The lowest BCUT2D eigenvalue weighted by Gasteiger charge is -2.39. The number of ether oxygens (including phenoxy) is 1. The van der Waals surface area contributed by atoms with E-state index < -0.39 is 28.9 Å². The van der Waals surface area contributed by atoms with Gasteiger partial charge in [0, 0.05) is 12.6 Å². The van der Waals surface area contributed by atoms with Crippen LogP contribution in [-0.2, 0) is 16.4 Å². The molecule has 0 unspecified atom stereocenters. The summed E-state index contributed by atoms with van der Waals surface area (Å²) in [6, 6.07) is 3.08. The van der Waals surface area contributed by atoms with Crippen molar-refractivity contribution in [2.75, 3.05) is 13.1 Å². The molecule has 0 saturated carbocycles. The maximum atomic E-state index is 12.4. The first-order valence-electron chi connectivity index (χ1n) is 8.75. The number of nitrogens with zero attached hydrogens (tertiary/aromatic N) is 2. The van der Waals surface area contributed by atoms with Crippen LogP contribution < -0.4 is 9.39 Å². The number of hydrogen-bond donors (Lipinski definition) is 3. The number of hydrogen-bond acceptors (Lipinski definition) is 8. The number of rotatable bonds is 5. The second-order valence-corrected chi connectivity index (χ2v) is 8.78. The summed E-state index contributed by atoms with van der Waals surface area (Å²) in [5, 5.41) is 29.1. The Balaban J connectivity index is 1.52. The smallest absolute Gasteiger partial charge is 0.430 e. The molecule has 1 saturated heterocycles. The predicted octanol–water partition coefficient (Wildman–Crippen LogP) is -0.0481. The van der Waals surface area contributed by atoms with Crippen LogP contribution in [0.1, 0.15) is 22.3 Å². The van der Waals surface area contributed by atoms with Crippen LogP contribution in [0.25, 0.3) is 0 Å². The van der Waals surface area contributed by atoms with Crippen molar-refractivity contribution in [1.82, 2.24) is 4.31 Å². The lowest BCUT2D eigenvalue weighted by atomic mass is 9.70. The first-order valence-corrected chi connectivity index (χ1v) is 10.2. The topological polar surface area (TPSA) is 146 Å². The SMILES string of the molecule is O=C(O)c1c(OC2CN(S(=O)(=O)C3=CCC=N3)C2)ccc2c1O[B-](O)(O)CC2. The molecule has 1 fully saturated rings. The maximum absolute atomic E-state index is 12.4. The van der Waals surface area contributed by atoms with Crippen molar-refractivity contribution in [2.45, 2.75) is 25.3 Å². The number of aliphatic imine (C=N–C) groups is 1. The van der Waals surface area contributed by atoms with Crippen molar-refractivity contribution in [3.05, 3.63) is 34.4 Å². The lowest BCUT2D eigenvalue weighted by Crippen LogP contribution is -2.56. The van der Waals surface area contributed by atoms with Gasteiger partial charge in [-0.2, -0.15) is 4.31 Å². The van der Waals surface area contributed by atoms with Crippen molar-refractivity contribution in [2.24, 2.45) is 4.99 Å². The number of carboxylic acids is 1. The Hall–Kier alpha value is -2.41. The fourth-order valence-electron chi connectivity index (χ4n) is 3.34. The molecular weight excluding hydrogens is 391 g/mol. The van der Waals surface area contributed by atoms with Crippen LogP contribution in [0.4, 0.5) is 0 Å². The van der Waals surface area contributed by atoms with E-state index in [0.717, 1.165) is 0 Å². The number of carbonyl (C=O) groups is 1. The van der Waals surface area contributed by atoms with Gasteiger partial charge in [0.2, 0.25) is 0 Å². The van der Waals surface area contributed by atoms with Gasteiger partial charge in [0.1, 0.15) is 17.4 Å². The molecule has 1 aromatic carbocycles. The first kappa shape index (κ1) is 18.9. The fraction of sp³-hybridized carbons (Fsp3) is 0.375. The zero-order valence-electron chi connectivity index (χ0n) is 14.7. The van der Waals surface area contributed by atoms with Crippen LogP contribution >= 0.6 is 0 Å². The van der Waals surface area contributed by atoms with Crippen molar-refractivity contribution in [3.8, 4) is 11.5 Å². The van der Waals surface area contributed by atoms with Gasteiger partial charge >= 0.3 is 12.7 Å². The highest BCUT2D eigenvalue weighted by Crippen LogP contribution is 2.39. The van der Waals surface area contributed by atoms with Crippen molar-refractivity contribution < 1.29 is 37.8 Å². The van der Waals surface area contributed by atoms with Crippen LogP contribution in [0, 0.1) is 0 Å². The molecule has 150 valence electrons. The minimum Gasteiger partial charge on any atom is -0.669 e. The molecule has 0 atom stereocenters. The number of aryl methyl sites for hydroxylation is 1.